The summed E-state index contributed by atoms with van der Waals surface area (Å²) < 4.78 is 25.6. The van der Waals surface area contributed by atoms with Gasteiger partial charge >= 0.3 is 0 Å². The number of nitrogens with zero attached hydrogens (tertiary/aromatic N) is 1. The Hall–Kier alpha value is -2.24. The average Bonchev–Trinajstić information content (AvgIpc) is 2.77. The van der Waals surface area contributed by atoms with Crippen molar-refractivity contribution in [2.75, 3.05) is 0 Å². The number of H-pyrrole nitrogens is 1. The van der Waals surface area contributed by atoms with Crippen LogP contribution in [0.2, 0.25) is 0 Å². The molecule has 4 nitrogen and oxygen atoms in total. The topological polar surface area (TPSA) is 57.8 Å². The molecule has 0 aliphatic carbocycles. The highest BCUT2D eigenvalue weighted by Gasteiger charge is 2.10. The van der Waals surface area contributed by atoms with Crippen molar-refractivity contribution in [3.8, 4) is 0 Å². The van der Waals surface area contributed by atoms with Crippen LogP contribution in [-0.4, -0.2) is 16.1 Å². The first-order valence-electron chi connectivity index (χ1n) is 5.30. The zero-order chi connectivity index (χ0) is 13.1. The van der Waals surface area contributed by atoms with Crippen LogP contribution in [0.15, 0.2) is 24.4 Å². The molecule has 0 fully saturated rings. The quantitative estimate of drug-likeness (QED) is 0.875. The number of aromatic nitrogens is 2. The summed E-state index contributed by atoms with van der Waals surface area (Å²) in [5, 5.41) is 8.97. The fourth-order valence-electron chi connectivity index (χ4n) is 1.51. The maximum Gasteiger partial charge on any atom is 0.255 e. The van der Waals surface area contributed by atoms with Gasteiger partial charge in [-0.25, -0.2) is 8.78 Å². The average molecular weight is 251 g/mol. The normalized spacial score (nSPS) is 10.4. The van der Waals surface area contributed by atoms with Gasteiger partial charge in [-0.05, 0) is 24.6 Å². The van der Waals surface area contributed by atoms with Crippen LogP contribution in [0.25, 0.3) is 0 Å². The molecule has 0 bridgehead atoms. The van der Waals surface area contributed by atoms with Crippen LogP contribution in [0.5, 0.6) is 0 Å². The number of hydrogen-bond donors (Lipinski definition) is 2. The van der Waals surface area contributed by atoms with Crippen LogP contribution in [-0.2, 0) is 6.54 Å². The van der Waals surface area contributed by atoms with E-state index in [1.165, 1.54) is 12.3 Å². The molecular weight excluding hydrogens is 240 g/mol. The number of hydrogen-bond acceptors (Lipinski definition) is 2. The molecule has 6 heteroatoms. The Kier molecular flexibility index (Phi) is 3.36. The second-order valence-electron chi connectivity index (χ2n) is 3.84. The van der Waals surface area contributed by atoms with Crippen molar-refractivity contribution < 1.29 is 13.6 Å². The zero-order valence-electron chi connectivity index (χ0n) is 9.63. The number of aromatic amines is 1. The summed E-state index contributed by atoms with van der Waals surface area (Å²) in [5.74, 6) is -2.15. The van der Waals surface area contributed by atoms with Crippen molar-refractivity contribution in [1.29, 1.82) is 0 Å². The van der Waals surface area contributed by atoms with E-state index in [0.717, 1.165) is 12.1 Å². The number of carbonyl (C=O) groups is 1. The first-order chi connectivity index (χ1) is 8.58. The lowest BCUT2D eigenvalue weighted by Crippen LogP contribution is -2.23. The van der Waals surface area contributed by atoms with Crippen LogP contribution < -0.4 is 5.32 Å². The maximum absolute atomic E-state index is 12.9. The van der Waals surface area contributed by atoms with Crippen LogP contribution >= 0.6 is 0 Å². The Labute approximate surface area is 102 Å². The molecule has 1 aromatic heterocycles. The van der Waals surface area contributed by atoms with Crippen LogP contribution in [0.3, 0.4) is 0 Å². The minimum absolute atomic E-state index is 0.126. The van der Waals surface area contributed by atoms with Crippen molar-refractivity contribution >= 4 is 5.91 Å². The third-order valence-corrected chi connectivity index (χ3v) is 2.51. The van der Waals surface area contributed by atoms with Crippen LogP contribution in [0, 0.1) is 18.6 Å². The summed E-state index contributed by atoms with van der Waals surface area (Å²) in [6, 6.07) is 3.50. The van der Waals surface area contributed by atoms with Gasteiger partial charge in [0.2, 0.25) is 0 Å². The minimum Gasteiger partial charge on any atom is -0.348 e. The third kappa shape index (κ3) is 2.53. The summed E-state index contributed by atoms with van der Waals surface area (Å²) >= 11 is 0. The van der Waals surface area contributed by atoms with Gasteiger partial charge in [0.1, 0.15) is 0 Å². The smallest absolute Gasteiger partial charge is 0.255 e. The number of rotatable bonds is 3. The summed E-state index contributed by atoms with van der Waals surface area (Å²) in [4.78, 5) is 11.7. The third-order valence-electron chi connectivity index (χ3n) is 2.51. The number of aryl methyl sites for hydroxylation is 1. The van der Waals surface area contributed by atoms with E-state index < -0.39 is 11.6 Å². The maximum atomic E-state index is 12.9. The molecule has 2 N–H and O–H groups in total. The van der Waals surface area contributed by atoms with E-state index in [9.17, 15) is 13.6 Å². The summed E-state index contributed by atoms with van der Waals surface area (Å²) in [6.45, 7) is 1.85. The zero-order valence-corrected chi connectivity index (χ0v) is 9.63. The second-order valence-corrected chi connectivity index (χ2v) is 3.84. The molecule has 1 amide bonds. The number of nitrogens with one attached hydrogen (secondary N) is 2. The van der Waals surface area contributed by atoms with E-state index >= 15 is 0 Å². The number of amides is 1. The molecule has 0 saturated heterocycles. The predicted octanol–water partition coefficient (Wildman–Crippen LogP) is 1.93. The molecule has 0 atom stereocenters. The minimum atomic E-state index is -0.929. The first-order valence-corrected chi connectivity index (χ1v) is 5.30. The van der Waals surface area contributed by atoms with Gasteiger partial charge in [0.25, 0.3) is 5.91 Å². The molecule has 2 aromatic rings. The summed E-state index contributed by atoms with van der Waals surface area (Å²) in [6.07, 6.45) is 1.41. The second kappa shape index (κ2) is 4.95. The SMILES string of the molecule is Cc1[nH]ncc1C(=O)NCc1ccc(F)c(F)c1. The monoisotopic (exact) mass is 251 g/mol. The van der Waals surface area contributed by atoms with Gasteiger partial charge in [-0.15, -0.1) is 0 Å². The largest absolute Gasteiger partial charge is 0.348 e. The van der Waals surface area contributed by atoms with Crippen molar-refractivity contribution in [1.82, 2.24) is 15.5 Å². The molecule has 0 aliphatic rings. The van der Waals surface area contributed by atoms with Gasteiger partial charge in [-0.2, -0.15) is 5.10 Å². The van der Waals surface area contributed by atoms with E-state index in [1.807, 2.05) is 0 Å². The van der Waals surface area contributed by atoms with Crippen molar-refractivity contribution in [3.05, 3.63) is 52.9 Å². The molecule has 94 valence electrons. The Morgan fingerprint density at radius 3 is 2.78 bits per heavy atom. The summed E-state index contributed by atoms with van der Waals surface area (Å²) in [7, 11) is 0. The number of halogens is 2. The van der Waals surface area contributed by atoms with Gasteiger partial charge in [0, 0.05) is 12.2 Å². The van der Waals surface area contributed by atoms with Gasteiger partial charge < -0.3 is 5.32 Å². The van der Waals surface area contributed by atoms with Gasteiger partial charge in [0.15, 0.2) is 11.6 Å². The highest BCUT2D eigenvalue weighted by atomic mass is 19.2. The molecular formula is C12H11F2N3O. The molecule has 0 saturated carbocycles. The number of benzene rings is 1. The van der Waals surface area contributed by atoms with Crippen LogP contribution in [0.1, 0.15) is 21.6 Å². The summed E-state index contributed by atoms with van der Waals surface area (Å²) in [5.41, 5.74) is 1.57. The Bertz CT molecular complexity index is 580. The molecule has 0 spiro atoms. The van der Waals surface area contributed by atoms with E-state index in [0.29, 0.717) is 16.8 Å². The van der Waals surface area contributed by atoms with E-state index in [1.54, 1.807) is 6.92 Å². The highest BCUT2D eigenvalue weighted by molar-refractivity contribution is 5.94. The molecule has 0 unspecified atom stereocenters. The van der Waals surface area contributed by atoms with E-state index in [2.05, 4.69) is 15.5 Å². The van der Waals surface area contributed by atoms with Gasteiger partial charge in [-0.1, -0.05) is 6.07 Å². The number of carbonyl (C=O) groups excluding carboxylic acids is 1. The van der Waals surface area contributed by atoms with Gasteiger partial charge in [-0.3, -0.25) is 9.89 Å². The Balaban J connectivity index is 2.02. The van der Waals surface area contributed by atoms with E-state index in [4.69, 9.17) is 0 Å². The molecule has 0 aliphatic heterocycles. The molecule has 1 aromatic carbocycles. The Morgan fingerprint density at radius 1 is 1.39 bits per heavy atom. The van der Waals surface area contributed by atoms with Crippen molar-refractivity contribution in [3.63, 3.8) is 0 Å². The predicted molar refractivity (Wildman–Crippen MR) is 60.9 cm³/mol. The molecule has 18 heavy (non-hydrogen) atoms. The van der Waals surface area contributed by atoms with Crippen molar-refractivity contribution in [2.45, 2.75) is 13.5 Å². The lowest BCUT2D eigenvalue weighted by atomic mass is 10.2. The van der Waals surface area contributed by atoms with Crippen molar-refractivity contribution in [2.24, 2.45) is 0 Å². The lowest BCUT2D eigenvalue weighted by molar-refractivity contribution is 0.0950. The molecule has 2 rings (SSSR count). The first kappa shape index (κ1) is 12.2. The fraction of sp³-hybridized carbons (Fsp3) is 0.167. The lowest BCUT2D eigenvalue weighted by Gasteiger charge is -2.05. The Morgan fingerprint density at radius 2 is 2.17 bits per heavy atom. The highest BCUT2D eigenvalue weighted by Crippen LogP contribution is 2.09. The molecule has 1 heterocycles. The standard InChI is InChI=1S/C12H11F2N3O/c1-7-9(6-16-17-7)12(18)15-5-8-2-3-10(13)11(14)4-8/h2-4,6H,5H2,1H3,(H,15,18)(H,16,17). The van der Waals surface area contributed by atoms with Crippen LogP contribution in [0.4, 0.5) is 8.78 Å². The van der Waals surface area contributed by atoms with Gasteiger partial charge in [0.05, 0.1) is 11.8 Å². The van der Waals surface area contributed by atoms with E-state index in [-0.39, 0.29) is 12.5 Å². The fourth-order valence-corrected chi connectivity index (χ4v) is 1.51. The molecule has 0 radical (unpaired) electrons.